The molecule has 0 saturated heterocycles. The number of nitrogens with one attached hydrogen (secondary N) is 1. The quantitative estimate of drug-likeness (QED) is 0.401. The molecule has 38 heavy (non-hydrogen) atoms. The van der Waals surface area contributed by atoms with Gasteiger partial charge in [0.2, 0.25) is 5.95 Å². The number of ether oxygens (including phenoxy) is 1. The summed E-state index contributed by atoms with van der Waals surface area (Å²) in [7, 11) is 2.14. The van der Waals surface area contributed by atoms with E-state index in [1.807, 2.05) is 36.1 Å². The van der Waals surface area contributed by atoms with Crippen LogP contribution in [0.25, 0.3) is 0 Å². The Balaban J connectivity index is 1.33. The molecule has 198 valence electrons. The fourth-order valence-corrected chi connectivity index (χ4v) is 5.99. The van der Waals surface area contributed by atoms with Crippen molar-refractivity contribution in [2.24, 2.45) is 0 Å². The summed E-state index contributed by atoms with van der Waals surface area (Å²) in [5.41, 5.74) is 4.75. The highest BCUT2D eigenvalue weighted by molar-refractivity contribution is 6.33. The van der Waals surface area contributed by atoms with Crippen molar-refractivity contribution >= 4 is 40.7 Å². The van der Waals surface area contributed by atoms with Crippen LogP contribution in [0.3, 0.4) is 0 Å². The maximum Gasteiger partial charge on any atom is 0.304 e. The lowest BCUT2D eigenvalue weighted by Gasteiger charge is -2.31. The number of aromatic nitrogens is 2. The Bertz CT molecular complexity index is 1390. The number of hydrogen-bond acceptors (Lipinski definition) is 7. The molecular weight excluding hydrogens is 502 g/mol. The fraction of sp³-hybridized carbons (Fsp3) is 0.414. The van der Waals surface area contributed by atoms with Gasteiger partial charge >= 0.3 is 5.97 Å². The second-order valence-electron chi connectivity index (χ2n) is 11.0. The van der Waals surface area contributed by atoms with Crippen LogP contribution in [-0.2, 0) is 23.2 Å². The Morgan fingerprint density at radius 3 is 2.87 bits per heavy atom. The summed E-state index contributed by atoms with van der Waals surface area (Å²) in [5, 5.41) is 13.4. The zero-order chi connectivity index (χ0) is 26.4. The Morgan fingerprint density at radius 2 is 2.11 bits per heavy atom. The highest BCUT2D eigenvalue weighted by Crippen LogP contribution is 2.47. The number of nitrogens with zero attached hydrogens (tertiary/aromatic N) is 4. The van der Waals surface area contributed by atoms with Crippen LogP contribution >= 0.6 is 11.6 Å². The van der Waals surface area contributed by atoms with Gasteiger partial charge in [-0.1, -0.05) is 36.7 Å². The summed E-state index contributed by atoms with van der Waals surface area (Å²) in [5.74, 6) is 1.09. The van der Waals surface area contributed by atoms with Crippen molar-refractivity contribution in [1.29, 1.82) is 0 Å². The second-order valence-corrected chi connectivity index (χ2v) is 11.4. The van der Waals surface area contributed by atoms with E-state index >= 15 is 0 Å². The van der Waals surface area contributed by atoms with Gasteiger partial charge in [-0.2, -0.15) is 4.98 Å². The molecule has 3 aromatic rings. The summed E-state index contributed by atoms with van der Waals surface area (Å²) in [6.07, 6.45) is 6.31. The highest BCUT2D eigenvalue weighted by atomic mass is 35.5. The second kappa shape index (κ2) is 9.75. The molecule has 0 spiro atoms. The fourth-order valence-electron chi connectivity index (χ4n) is 5.80. The topological polar surface area (TPSA) is 90.8 Å². The van der Waals surface area contributed by atoms with E-state index in [9.17, 15) is 9.90 Å². The van der Waals surface area contributed by atoms with E-state index in [0.29, 0.717) is 29.4 Å². The van der Waals surface area contributed by atoms with Crippen LogP contribution in [0.2, 0.25) is 5.02 Å². The maximum absolute atomic E-state index is 11.7. The van der Waals surface area contributed by atoms with Crippen molar-refractivity contribution in [3.8, 4) is 5.75 Å². The van der Waals surface area contributed by atoms with E-state index < -0.39 is 11.4 Å². The predicted octanol–water partition coefficient (Wildman–Crippen LogP) is 5.68. The third-order valence-electron chi connectivity index (χ3n) is 7.96. The lowest BCUT2D eigenvalue weighted by Crippen LogP contribution is -2.31. The number of likely N-dealkylation sites (N-methyl/N-ethyl adjacent to an activating group) is 1. The molecule has 0 radical (unpaired) electrons. The SMILES string of the molecule is CN1CCc2c(cc(Nc3ncc(Cl)c(N4CC(C)(CC(=O)O)c5ccccc54)n3)cc2OC2CCC2)C1. The molecule has 2 N–H and O–H groups in total. The van der Waals surface area contributed by atoms with Crippen molar-refractivity contribution in [2.75, 3.05) is 30.4 Å². The first kappa shape index (κ1) is 24.9. The first-order valence-corrected chi connectivity index (χ1v) is 13.6. The van der Waals surface area contributed by atoms with Crippen LogP contribution in [0, 0.1) is 0 Å². The molecule has 0 bridgehead atoms. The summed E-state index contributed by atoms with van der Waals surface area (Å²) in [4.78, 5) is 25.3. The highest BCUT2D eigenvalue weighted by Gasteiger charge is 2.42. The smallest absolute Gasteiger partial charge is 0.304 e. The molecule has 6 rings (SSSR count). The molecule has 2 aliphatic heterocycles. The van der Waals surface area contributed by atoms with Crippen molar-refractivity contribution in [2.45, 2.75) is 57.1 Å². The van der Waals surface area contributed by atoms with Crippen molar-refractivity contribution in [3.05, 3.63) is 64.3 Å². The molecule has 8 nitrogen and oxygen atoms in total. The van der Waals surface area contributed by atoms with E-state index in [1.54, 1.807) is 6.20 Å². The van der Waals surface area contributed by atoms with Gasteiger partial charge in [-0.25, -0.2) is 4.98 Å². The Morgan fingerprint density at radius 1 is 1.29 bits per heavy atom. The van der Waals surface area contributed by atoms with Crippen molar-refractivity contribution in [3.63, 3.8) is 0 Å². The standard InChI is InChI=1S/C29H32ClN5O3/c1-29(14-26(36)37)17-35(24-9-4-3-8-22(24)29)27-23(30)15-31-28(33-27)32-19-12-18-16-34(2)11-10-21(18)25(13-19)38-20-6-5-7-20/h3-4,8-9,12-13,15,20H,5-7,10-11,14,16-17H2,1-2H3,(H,36,37)(H,31,32,33). The number of benzene rings is 2. The van der Waals surface area contributed by atoms with Crippen molar-refractivity contribution < 1.29 is 14.6 Å². The number of carbonyl (C=O) groups is 1. The van der Waals surface area contributed by atoms with Gasteiger partial charge in [0, 0.05) is 48.1 Å². The lowest BCUT2D eigenvalue weighted by molar-refractivity contribution is -0.138. The Labute approximate surface area is 227 Å². The molecule has 1 unspecified atom stereocenters. The first-order chi connectivity index (χ1) is 18.3. The number of halogens is 1. The zero-order valence-corrected chi connectivity index (χ0v) is 22.5. The largest absolute Gasteiger partial charge is 0.490 e. The van der Waals surface area contributed by atoms with E-state index in [1.165, 1.54) is 17.5 Å². The minimum absolute atomic E-state index is 0.0155. The zero-order valence-electron chi connectivity index (χ0n) is 21.7. The molecule has 3 aliphatic rings. The molecule has 1 saturated carbocycles. The maximum atomic E-state index is 11.7. The monoisotopic (exact) mass is 533 g/mol. The number of carboxylic acid groups (broad SMARTS) is 1. The number of rotatable bonds is 7. The van der Waals surface area contributed by atoms with Gasteiger partial charge in [0.05, 0.1) is 18.7 Å². The van der Waals surface area contributed by atoms with Gasteiger partial charge in [-0.3, -0.25) is 4.79 Å². The minimum Gasteiger partial charge on any atom is -0.490 e. The van der Waals surface area contributed by atoms with Gasteiger partial charge < -0.3 is 25.0 Å². The van der Waals surface area contributed by atoms with Gasteiger partial charge in [-0.15, -0.1) is 0 Å². The molecule has 1 aliphatic carbocycles. The first-order valence-electron chi connectivity index (χ1n) is 13.2. The third-order valence-corrected chi connectivity index (χ3v) is 8.23. The molecule has 1 aromatic heterocycles. The summed E-state index contributed by atoms with van der Waals surface area (Å²) in [6, 6.07) is 12.1. The predicted molar refractivity (Wildman–Crippen MR) is 148 cm³/mol. The average Bonchev–Trinajstić information content (AvgIpc) is 3.14. The van der Waals surface area contributed by atoms with Crippen molar-refractivity contribution in [1.82, 2.24) is 14.9 Å². The van der Waals surface area contributed by atoms with Gasteiger partial charge in [0.1, 0.15) is 10.8 Å². The van der Waals surface area contributed by atoms with Crippen LogP contribution < -0.4 is 15.0 Å². The lowest BCUT2D eigenvalue weighted by atomic mass is 9.81. The molecule has 9 heteroatoms. The van der Waals surface area contributed by atoms with Crippen LogP contribution in [0.15, 0.2) is 42.6 Å². The molecule has 3 heterocycles. The van der Waals surface area contributed by atoms with E-state index in [-0.39, 0.29) is 6.42 Å². The number of para-hydroxylation sites is 1. The van der Waals surface area contributed by atoms with Gasteiger partial charge in [0.25, 0.3) is 0 Å². The van der Waals surface area contributed by atoms with Crippen LogP contribution in [0.5, 0.6) is 5.75 Å². The van der Waals surface area contributed by atoms with Crippen LogP contribution in [-0.4, -0.2) is 52.2 Å². The van der Waals surface area contributed by atoms with Crippen LogP contribution in [0.4, 0.5) is 23.1 Å². The molecule has 1 fully saturated rings. The molecule has 1 atom stereocenters. The van der Waals surface area contributed by atoms with Gasteiger partial charge in [0.15, 0.2) is 5.82 Å². The molecule has 0 amide bonds. The van der Waals surface area contributed by atoms with Gasteiger partial charge in [-0.05, 0) is 56.0 Å². The third kappa shape index (κ3) is 4.67. The number of fused-ring (bicyclic) bond motifs is 2. The average molecular weight is 534 g/mol. The summed E-state index contributed by atoms with van der Waals surface area (Å²) >= 11 is 6.62. The number of carboxylic acids is 1. The number of anilines is 4. The number of aliphatic carboxylic acids is 1. The van der Waals surface area contributed by atoms with E-state index in [2.05, 4.69) is 34.4 Å². The molecular formula is C29H32ClN5O3. The normalized spacial score (nSPS) is 21.0. The summed E-state index contributed by atoms with van der Waals surface area (Å²) < 4.78 is 6.40. The Hall–Kier alpha value is -3.36. The number of hydrogen-bond donors (Lipinski definition) is 2. The Kier molecular flexibility index (Phi) is 6.40. The van der Waals surface area contributed by atoms with E-state index in [4.69, 9.17) is 21.3 Å². The minimum atomic E-state index is -0.835. The summed E-state index contributed by atoms with van der Waals surface area (Å²) in [6.45, 7) is 4.31. The van der Waals surface area contributed by atoms with E-state index in [0.717, 1.165) is 55.0 Å². The van der Waals surface area contributed by atoms with Crippen LogP contribution in [0.1, 0.15) is 49.3 Å². The molecule has 2 aromatic carbocycles.